The summed E-state index contributed by atoms with van der Waals surface area (Å²) in [4.78, 5) is 23.2. The molecule has 4 rings (SSSR count). The maximum atomic E-state index is 12.5. The Morgan fingerprint density at radius 3 is 2.52 bits per heavy atom. The van der Waals surface area contributed by atoms with Crippen LogP contribution in [0.5, 0.6) is 0 Å². The minimum Gasteiger partial charge on any atom is -0.370 e. The number of nitrogens with zero attached hydrogens (tertiary/aromatic N) is 3. The second-order valence-corrected chi connectivity index (χ2v) is 7.60. The number of pyridine rings is 2. The summed E-state index contributed by atoms with van der Waals surface area (Å²) < 4.78 is 0. The number of nitrogens with one attached hydrogen (secondary N) is 1. The number of carbonyl (C=O) groups excluding carboxylic acids is 1. The first-order valence-corrected chi connectivity index (χ1v) is 10.2. The molecule has 1 amide bonds. The van der Waals surface area contributed by atoms with Crippen LogP contribution in [0, 0.1) is 5.92 Å². The predicted octanol–water partition coefficient (Wildman–Crippen LogP) is 3.87. The first kappa shape index (κ1) is 19.1. The van der Waals surface area contributed by atoms with Crippen molar-refractivity contribution >= 4 is 11.6 Å². The van der Waals surface area contributed by atoms with E-state index < -0.39 is 0 Å². The zero-order chi connectivity index (χ0) is 19.9. The Kier molecular flexibility index (Phi) is 6.15. The first-order valence-electron chi connectivity index (χ1n) is 10.2. The number of benzene rings is 1. The normalized spacial score (nSPS) is 14.6. The molecular formula is C24H26N4O. The molecule has 0 bridgehead atoms. The van der Waals surface area contributed by atoms with E-state index in [4.69, 9.17) is 0 Å². The molecule has 0 spiro atoms. The number of aromatic nitrogens is 2. The summed E-state index contributed by atoms with van der Waals surface area (Å²) in [6, 6.07) is 16.5. The quantitative estimate of drug-likeness (QED) is 0.699. The fraction of sp³-hybridized carbons (Fsp3) is 0.292. The van der Waals surface area contributed by atoms with Crippen LogP contribution in [-0.2, 0) is 13.0 Å². The van der Waals surface area contributed by atoms with Crippen LogP contribution >= 0.6 is 0 Å². The van der Waals surface area contributed by atoms with E-state index in [2.05, 4.69) is 50.5 Å². The van der Waals surface area contributed by atoms with Gasteiger partial charge in [0.05, 0.1) is 17.4 Å². The molecule has 1 N–H and O–H groups in total. The highest BCUT2D eigenvalue weighted by Crippen LogP contribution is 2.25. The van der Waals surface area contributed by atoms with Gasteiger partial charge in [-0.15, -0.1) is 0 Å². The van der Waals surface area contributed by atoms with Crippen LogP contribution < -0.4 is 10.2 Å². The summed E-state index contributed by atoms with van der Waals surface area (Å²) in [6.45, 7) is 2.46. The zero-order valence-electron chi connectivity index (χ0n) is 16.5. The standard InChI is InChI=1S/C24H26N4O/c29-24(27-16-21-7-4-10-25-15-21)22-14-23(18-26-17-22)28-11-8-20(9-12-28)13-19-5-2-1-3-6-19/h1-7,10,14-15,17-18,20H,8-9,11-13,16H2,(H,27,29). The maximum Gasteiger partial charge on any atom is 0.253 e. The number of piperidine rings is 1. The number of hydrogen-bond donors (Lipinski definition) is 1. The average molecular weight is 386 g/mol. The van der Waals surface area contributed by atoms with Crippen molar-refractivity contribution in [2.75, 3.05) is 18.0 Å². The number of anilines is 1. The highest BCUT2D eigenvalue weighted by Gasteiger charge is 2.20. The van der Waals surface area contributed by atoms with Gasteiger partial charge in [-0.05, 0) is 48.4 Å². The van der Waals surface area contributed by atoms with Crippen LogP contribution in [0.25, 0.3) is 0 Å². The third-order valence-corrected chi connectivity index (χ3v) is 5.51. The summed E-state index contributed by atoms with van der Waals surface area (Å²) in [5, 5.41) is 2.94. The molecule has 148 valence electrons. The molecule has 1 saturated heterocycles. The van der Waals surface area contributed by atoms with Crippen molar-refractivity contribution in [2.45, 2.75) is 25.8 Å². The molecule has 3 aromatic rings. The smallest absolute Gasteiger partial charge is 0.253 e. The molecule has 1 aliphatic heterocycles. The lowest BCUT2D eigenvalue weighted by Crippen LogP contribution is -2.34. The van der Waals surface area contributed by atoms with Crippen LogP contribution in [0.4, 0.5) is 5.69 Å². The van der Waals surface area contributed by atoms with Gasteiger partial charge in [-0.3, -0.25) is 14.8 Å². The highest BCUT2D eigenvalue weighted by molar-refractivity contribution is 5.94. The Balaban J connectivity index is 1.32. The SMILES string of the molecule is O=C(NCc1cccnc1)c1cncc(N2CCC(Cc3ccccc3)CC2)c1. The van der Waals surface area contributed by atoms with Gasteiger partial charge >= 0.3 is 0 Å². The highest BCUT2D eigenvalue weighted by atomic mass is 16.1. The Hall–Kier alpha value is -3.21. The summed E-state index contributed by atoms with van der Waals surface area (Å²) in [6.07, 6.45) is 10.4. The minimum atomic E-state index is -0.109. The fourth-order valence-electron chi connectivity index (χ4n) is 3.85. The van der Waals surface area contributed by atoms with Gasteiger partial charge in [0.15, 0.2) is 0 Å². The largest absolute Gasteiger partial charge is 0.370 e. The maximum absolute atomic E-state index is 12.5. The van der Waals surface area contributed by atoms with Crippen LogP contribution in [0.1, 0.15) is 34.3 Å². The molecule has 0 unspecified atom stereocenters. The van der Waals surface area contributed by atoms with E-state index in [1.807, 2.05) is 24.4 Å². The van der Waals surface area contributed by atoms with Crippen molar-refractivity contribution in [3.05, 3.63) is 90.0 Å². The van der Waals surface area contributed by atoms with Crippen molar-refractivity contribution in [1.82, 2.24) is 15.3 Å². The number of amides is 1. The van der Waals surface area contributed by atoms with E-state index in [1.54, 1.807) is 18.6 Å². The van der Waals surface area contributed by atoms with Gasteiger partial charge in [-0.1, -0.05) is 36.4 Å². The number of hydrogen-bond acceptors (Lipinski definition) is 4. The van der Waals surface area contributed by atoms with E-state index in [0.717, 1.165) is 43.6 Å². The lowest BCUT2D eigenvalue weighted by atomic mass is 9.90. The van der Waals surface area contributed by atoms with Gasteiger partial charge in [-0.2, -0.15) is 0 Å². The topological polar surface area (TPSA) is 58.1 Å². The van der Waals surface area contributed by atoms with Crippen LogP contribution in [-0.4, -0.2) is 29.0 Å². The van der Waals surface area contributed by atoms with E-state index in [-0.39, 0.29) is 5.91 Å². The van der Waals surface area contributed by atoms with Gasteiger partial charge in [0.1, 0.15) is 0 Å². The van der Waals surface area contributed by atoms with Gasteiger partial charge in [0.2, 0.25) is 0 Å². The third kappa shape index (κ3) is 5.19. The molecule has 0 atom stereocenters. The first-order chi connectivity index (χ1) is 14.3. The Labute approximate surface area is 171 Å². The summed E-state index contributed by atoms with van der Waals surface area (Å²) >= 11 is 0. The van der Waals surface area contributed by atoms with Gasteiger partial charge < -0.3 is 10.2 Å². The second-order valence-electron chi connectivity index (χ2n) is 7.60. The Morgan fingerprint density at radius 2 is 1.76 bits per heavy atom. The van der Waals surface area contributed by atoms with E-state index in [1.165, 1.54) is 5.56 Å². The van der Waals surface area contributed by atoms with Crippen molar-refractivity contribution in [3.8, 4) is 0 Å². The number of rotatable bonds is 6. The van der Waals surface area contributed by atoms with Crippen LogP contribution in [0.15, 0.2) is 73.3 Å². The molecule has 0 radical (unpaired) electrons. The van der Waals surface area contributed by atoms with Gasteiger partial charge in [0, 0.05) is 38.2 Å². The van der Waals surface area contributed by atoms with E-state index >= 15 is 0 Å². The Bertz CT molecular complexity index is 922. The van der Waals surface area contributed by atoms with E-state index in [0.29, 0.717) is 18.0 Å². The zero-order valence-corrected chi connectivity index (χ0v) is 16.5. The molecular weight excluding hydrogens is 360 g/mol. The molecule has 3 heterocycles. The van der Waals surface area contributed by atoms with Crippen molar-refractivity contribution in [1.29, 1.82) is 0 Å². The summed E-state index contributed by atoms with van der Waals surface area (Å²) in [5.74, 6) is 0.606. The molecule has 1 fully saturated rings. The lowest BCUT2D eigenvalue weighted by molar-refractivity contribution is 0.0950. The van der Waals surface area contributed by atoms with Gasteiger partial charge in [0.25, 0.3) is 5.91 Å². The summed E-state index contributed by atoms with van der Waals surface area (Å²) in [7, 11) is 0. The molecule has 0 aliphatic carbocycles. The summed E-state index contributed by atoms with van der Waals surface area (Å²) in [5.41, 5.74) is 4.01. The molecule has 5 heteroatoms. The average Bonchev–Trinajstić information content (AvgIpc) is 2.79. The molecule has 5 nitrogen and oxygen atoms in total. The molecule has 29 heavy (non-hydrogen) atoms. The van der Waals surface area contributed by atoms with E-state index in [9.17, 15) is 4.79 Å². The third-order valence-electron chi connectivity index (χ3n) is 5.51. The lowest BCUT2D eigenvalue weighted by Gasteiger charge is -2.33. The molecule has 0 saturated carbocycles. The van der Waals surface area contributed by atoms with Gasteiger partial charge in [-0.25, -0.2) is 0 Å². The monoisotopic (exact) mass is 386 g/mol. The van der Waals surface area contributed by atoms with Crippen molar-refractivity contribution in [2.24, 2.45) is 5.92 Å². The molecule has 2 aromatic heterocycles. The predicted molar refractivity (Wildman–Crippen MR) is 115 cm³/mol. The van der Waals surface area contributed by atoms with Crippen LogP contribution in [0.2, 0.25) is 0 Å². The molecule has 1 aliphatic rings. The van der Waals surface area contributed by atoms with Crippen molar-refractivity contribution < 1.29 is 4.79 Å². The van der Waals surface area contributed by atoms with Crippen LogP contribution in [0.3, 0.4) is 0 Å². The second kappa shape index (κ2) is 9.32. The van der Waals surface area contributed by atoms with Crippen molar-refractivity contribution in [3.63, 3.8) is 0 Å². The molecule has 1 aromatic carbocycles. The minimum absolute atomic E-state index is 0.109. The fourth-order valence-corrected chi connectivity index (χ4v) is 3.85. The Morgan fingerprint density at radius 1 is 0.966 bits per heavy atom. The number of carbonyl (C=O) groups is 1.